The summed E-state index contributed by atoms with van der Waals surface area (Å²) in [5, 5.41) is 4.40. The SMILES string of the molecule is CCOc1cc(F)ccc1NCc1cnc(C(C)(C)C)s1. The van der Waals surface area contributed by atoms with E-state index in [2.05, 4.69) is 31.1 Å². The van der Waals surface area contributed by atoms with Gasteiger partial charge in [0, 0.05) is 22.6 Å². The number of nitrogens with zero attached hydrogens (tertiary/aromatic N) is 1. The molecule has 0 bridgehead atoms. The third-order valence-corrected chi connectivity index (χ3v) is 4.31. The maximum absolute atomic E-state index is 13.3. The Balaban J connectivity index is 2.08. The van der Waals surface area contributed by atoms with E-state index in [-0.39, 0.29) is 11.2 Å². The van der Waals surface area contributed by atoms with E-state index in [1.54, 1.807) is 17.4 Å². The molecule has 0 spiro atoms. The predicted molar refractivity (Wildman–Crippen MR) is 85.7 cm³/mol. The topological polar surface area (TPSA) is 34.1 Å². The van der Waals surface area contributed by atoms with Crippen LogP contribution in [0.1, 0.15) is 37.6 Å². The minimum absolute atomic E-state index is 0.0648. The van der Waals surface area contributed by atoms with Gasteiger partial charge in [0.1, 0.15) is 11.6 Å². The summed E-state index contributed by atoms with van der Waals surface area (Å²) >= 11 is 1.69. The van der Waals surface area contributed by atoms with Gasteiger partial charge in [0.2, 0.25) is 0 Å². The number of hydrogen-bond acceptors (Lipinski definition) is 4. The molecule has 1 aromatic heterocycles. The van der Waals surface area contributed by atoms with Crippen LogP contribution in [-0.2, 0) is 12.0 Å². The van der Waals surface area contributed by atoms with Crippen LogP contribution in [0.25, 0.3) is 0 Å². The van der Waals surface area contributed by atoms with Crippen molar-refractivity contribution in [1.82, 2.24) is 4.98 Å². The zero-order chi connectivity index (χ0) is 15.5. The Hall–Kier alpha value is -1.62. The van der Waals surface area contributed by atoms with E-state index in [1.807, 2.05) is 13.1 Å². The van der Waals surface area contributed by atoms with Gasteiger partial charge >= 0.3 is 0 Å². The summed E-state index contributed by atoms with van der Waals surface area (Å²) in [4.78, 5) is 5.60. The molecule has 2 rings (SSSR count). The van der Waals surface area contributed by atoms with Gasteiger partial charge in [-0.05, 0) is 19.1 Å². The van der Waals surface area contributed by atoms with Gasteiger partial charge in [0.05, 0.1) is 23.8 Å². The van der Waals surface area contributed by atoms with Crippen molar-refractivity contribution in [2.45, 2.75) is 39.7 Å². The standard InChI is InChI=1S/C16H21FN2OS/c1-5-20-14-8-11(17)6-7-13(14)18-9-12-10-19-15(21-12)16(2,3)4/h6-8,10,18H,5,9H2,1-4H3. The molecule has 0 fully saturated rings. The van der Waals surface area contributed by atoms with Crippen LogP contribution in [0.3, 0.4) is 0 Å². The molecule has 0 aliphatic heterocycles. The van der Waals surface area contributed by atoms with Gasteiger partial charge in [0.15, 0.2) is 0 Å². The first kappa shape index (κ1) is 15.8. The van der Waals surface area contributed by atoms with Crippen molar-refractivity contribution in [3.63, 3.8) is 0 Å². The molecule has 0 unspecified atom stereocenters. The van der Waals surface area contributed by atoms with Gasteiger partial charge in [-0.3, -0.25) is 0 Å². The van der Waals surface area contributed by atoms with Crippen molar-refractivity contribution in [3.8, 4) is 5.75 Å². The summed E-state index contributed by atoms with van der Waals surface area (Å²) in [6.45, 7) is 9.49. The van der Waals surface area contributed by atoms with E-state index in [0.717, 1.165) is 15.6 Å². The van der Waals surface area contributed by atoms with Crippen LogP contribution >= 0.6 is 11.3 Å². The summed E-state index contributed by atoms with van der Waals surface area (Å²) in [6.07, 6.45) is 1.89. The molecule has 0 aliphatic carbocycles. The highest BCUT2D eigenvalue weighted by Crippen LogP contribution is 2.29. The fourth-order valence-electron chi connectivity index (χ4n) is 1.84. The summed E-state index contributed by atoms with van der Waals surface area (Å²) in [5.74, 6) is 0.245. The van der Waals surface area contributed by atoms with Crippen LogP contribution < -0.4 is 10.1 Å². The molecule has 2 aromatic rings. The van der Waals surface area contributed by atoms with Gasteiger partial charge < -0.3 is 10.1 Å². The maximum Gasteiger partial charge on any atom is 0.145 e. The van der Waals surface area contributed by atoms with Crippen molar-refractivity contribution < 1.29 is 9.13 Å². The van der Waals surface area contributed by atoms with Gasteiger partial charge in [0.25, 0.3) is 0 Å². The number of benzene rings is 1. The zero-order valence-corrected chi connectivity index (χ0v) is 13.7. The molecule has 0 saturated carbocycles. The zero-order valence-electron chi connectivity index (χ0n) is 12.9. The van der Waals surface area contributed by atoms with Crippen LogP contribution in [0.15, 0.2) is 24.4 Å². The molecule has 1 heterocycles. The van der Waals surface area contributed by atoms with Gasteiger partial charge in [-0.15, -0.1) is 11.3 Å². The van der Waals surface area contributed by atoms with Crippen LogP contribution in [-0.4, -0.2) is 11.6 Å². The second-order valence-electron chi connectivity index (χ2n) is 5.81. The number of halogens is 1. The summed E-state index contributed by atoms with van der Waals surface area (Å²) < 4.78 is 18.7. The molecular formula is C16H21FN2OS. The minimum atomic E-state index is -0.295. The second kappa shape index (κ2) is 6.43. The number of ether oxygens (including phenoxy) is 1. The smallest absolute Gasteiger partial charge is 0.145 e. The largest absolute Gasteiger partial charge is 0.492 e. The Morgan fingerprint density at radius 2 is 2.10 bits per heavy atom. The molecule has 5 heteroatoms. The predicted octanol–water partition coefficient (Wildman–Crippen LogP) is 4.59. The lowest BCUT2D eigenvalue weighted by atomic mass is 9.98. The van der Waals surface area contributed by atoms with E-state index < -0.39 is 0 Å². The first-order chi connectivity index (χ1) is 9.90. The lowest BCUT2D eigenvalue weighted by Gasteiger charge is -2.13. The number of aromatic nitrogens is 1. The second-order valence-corrected chi connectivity index (χ2v) is 6.92. The Labute approximate surface area is 129 Å². The molecular weight excluding hydrogens is 287 g/mol. The van der Waals surface area contributed by atoms with Crippen molar-refractivity contribution in [2.24, 2.45) is 0 Å². The third-order valence-electron chi connectivity index (χ3n) is 2.89. The Kier molecular flexibility index (Phi) is 4.83. The minimum Gasteiger partial charge on any atom is -0.492 e. The summed E-state index contributed by atoms with van der Waals surface area (Å²) in [5.41, 5.74) is 0.860. The van der Waals surface area contributed by atoms with E-state index in [1.165, 1.54) is 12.1 Å². The highest BCUT2D eigenvalue weighted by Gasteiger charge is 2.18. The average molecular weight is 308 g/mol. The molecule has 0 radical (unpaired) electrons. The number of hydrogen-bond donors (Lipinski definition) is 1. The number of anilines is 1. The van der Waals surface area contributed by atoms with Crippen LogP contribution in [0, 0.1) is 5.82 Å². The molecule has 0 atom stereocenters. The van der Waals surface area contributed by atoms with Crippen LogP contribution in [0.5, 0.6) is 5.75 Å². The first-order valence-electron chi connectivity index (χ1n) is 7.01. The van der Waals surface area contributed by atoms with E-state index in [9.17, 15) is 4.39 Å². The Morgan fingerprint density at radius 1 is 1.33 bits per heavy atom. The van der Waals surface area contributed by atoms with Crippen molar-refractivity contribution in [3.05, 3.63) is 40.1 Å². The first-order valence-corrected chi connectivity index (χ1v) is 7.83. The Morgan fingerprint density at radius 3 is 2.71 bits per heavy atom. The van der Waals surface area contributed by atoms with Gasteiger partial charge in [-0.2, -0.15) is 0 Å². The molecule has 0 saturated heterocycles. The van der Waals surface area contributed by atoms with E-state index >= 15 is 0 Å². The monoisotopic (exact) mass is 308 g/mol. The van der Waals surface area contributed by atoms with Gasteiger partial charge in [-0.1, -0.05) is 20.8 Å². The summed E-state index contributed by atoms with van der Waals surface area (Å²) in [6, 6.07) is 4.53. The number of thiazole rings is 1. The normalized spacial score (nSPS) is 11.5. The molecule has 21 heavy (non-hydrogen) atoms. The molecule has 0 amide bonds. The van der Waals surface area contributed by atoms with E-state index in [4.69, 9.17) is 4.74 Å². The number of rotatable bonds is 5. The highest BCUT2D eigenvalue weighted by atomic mass is 32.1. The molecule has 1 N–H and O–H groups in total. The van der Waals surface area contributed by atoms with Crippen molar-refractivity contribution in [1.29, 1.82) is 0 Å². The van der Waals surface area contributed by atoms with Gasteiger partial charge in [-0.25, -0.2) is 9.37 Å². The van der Waals surface area contributed by atoms with Crippen molar-refractivity contribution in [2.75, 3.05) is 11.9 Å². The molecule has 3 nitrogen and oxygen atoms in total. The number of nitrogens with one attached hydrogen (secondary N) is 1. The molecule has 0 aliphatic rings. The maximum atomic E-state index is 13.3. The third kappa shape index (κ3) is 4.17. The fourth-order valence-corrected chi connectivity index (χ4v) is 2.75. The van der Waals surface area contributed by atoms with Crippen LogP contribution in [0.2, 0.25) is 0 Å². The van der Waals surface area contributed by atoms with Crippen molar-refractivity contribution >= 4 is 17.0 Å². The molecule has 114 valence electrons. The summed E-state index contributed by atoms with van der Waals surface area (Å²) in [7, 11) is 0. The fraction of sp³-hybridized carbons (Fsp3) is 0.438. The lowest BCUT2D eigenvalue weighted by molar-refractivity contribution is 0.340. The average Bonchev–Trinajstić information content (AvgIpc) is 2.87. The highest BCUT2D eigenvalue weighted by molar-refractivity contribution is 7.11. The Bertz CT molecular complexity index is 605. The lowest BCUT2D eigenvalue weighted by Crippen LogP contribution is -2.09. The van der Waals surface area contributed by atoms with Crippen LogP contribution in [0.4, 0.5) is 10.1 Å². The molecule has 1 aromatic carbocycles. The van der Waals surface area contributed by atoms with E-state index in [0.29, 0.717) is 18.9 Å². The quantitative estimate of drug-likeness (QED) is 0.877.